The summed E-state index contributed by atoms with van der Waals surface area (Å²) in [7, 11) is 0. The van der Waals surface area contributed by atoms with E-state index in [1.54, 1.807) is 0 Å². The average Bonchev–Trinajstić information content (AvgIpc) is 3.55. The van der Waals surface area contributed by atoms with Crippen molar-refractivity contribution in [3.05, 3.63) is 109 Å². The Labute approximate surface area is 232 Å². The van der Waals surface area contributed by atoms with Crippen molar-refractivity contribution in [2.75, 3.05) is 0 Å². The Balaban J connectivity index is 0.00000235. The molecule has 39 heavy (non-hydrogen) atoms. The molecule has 1 radical (unpaired) electrons. The minimum absolute atomic E-state index is 0. The molecule has 0 aliphatic heterocycles. The Bertz CT molecular complexity index is 2130. The van der Waals surface area contributed by atoms with Crippen molar-refractivity contribution in [2.45, 2.75) is 0 Å². The van der Waals surface area contributed by atoms with E-state index in [4.69, 9.17) is 19.9 Å². The van der Waals surface area contributed by atoms with Gasteiger partial charge in [-0.15, -0.1) is 22.1 Å². The fourth-order valence-corrected chi connectivity index (χ4v) is 6.05. The summed E-state index contributed by atoms with van der Waals surface area (Å²) in [6.07, 6.45) is 0. The molecule has 0 amide bonds. The number of nitrogens with zero attached hydrogens (tertiary/aromatic N) is 4. The third kappa shape index (κ3) is 3.05. The summed E-state index contributed by atoms with van der Waals surface area (Å²) in [5.74, 6) is 0. The minimum atomic E-state index is 0. The predicted molar refractivity (Wildman–Crippen MR) is 158 cm³/mol. The van der Waals surface area contributed by atoms with Gasteiger partial charge in [-0.3, -0.25) is 0 Å². The Morgan fingerprint density at radius 1 is 0.308 bits per heavy atom. The van der Waals surface area contributed by atoms with Gasteiger partial charge >= 0.3 is 16.8 Å². The van der Waals surface area contributed by atoms with E-state index >= 15 is 0 Å². The molecule has 5 heteroatoms. The summed E-state index contributed by atoms with van der Waals surface area (Å²) in [4.78, 5) is 20.8. The minimum Gasteiger partial charge on any atom is -0.656 e. The maximum Gasteiger partial charge on any atom is 2.00 e. The number of rotatable bonds is 0. The van der Waals surface area contributed by atoms with Crippen LogP contribution in [0.1, 0.15) is 0 Å². The summed E-state index contributed by atoms with van der Waals surface area (Å²) in [6, 6.07) is 37.9. The molecule has 0 saturated heterocycles. The third-order valence-corrected chi connectivity index (χ3v) is 7.77. The summed E-state index contributed by atoms with van der Waals surface area (Å²) < 4.78 is 0. The summed E-state index contributed by atoms with van der Waals surface area (Å²) in [6.45, 7) is 0. The van der Waals surface area contributed by atoms with E-state index in [2.05, 4.69) is 109 Å². The van der Waals surface area contributed by atoms with Gasteiger partial charge in [-0.2, -0.15) is 0 Å². The molecular weight excluding hydrogens is 523 g/mol. The molecule has 9 rings (SSSR count). The van der Waals surface area contributed by atoms with Gasteiger partial charge in [-0.05, 0) is 67.4 Å². The van der Waals surface area contributed by atoms with Crippen LogP contribution in [-0.2, 0) is 16.8 Å². The molecule has 0 saturated carbocycles. The quantitative estimate of drug-likeness (QED) is 0.194. The molecule has 5 heterocycles. The largest absolute Gasteiger partial charge is 2.00 e. The van der Waals surface area contributed by atoms with Gasteiger partial charge in [0.15, 0.2) is 0 Å². The molecule has 0 fully saturated rings. The van der Waals surface area contributed by atoms with E-state index in [9.17, 15) is 0 Å². The van der Waals surface area contributed by atoms with Gasteiger partial charge in [0.05, 0.1) is 22.1 Å². The zero-order valence-corrected chi connectivity index (χ0v) is 21.6. The Morgan fingerprint density at radius 2 is 0.538 bits per heavy atom. The number of aromatic nitrogens is 4. The van der Waals surface area contributed by atoms with Crippen LogP contribution in [0.25, 0.3) is 87.2 Å². The van der Waals surface area contributed by atoms with E-state index in [1.165, 1.54) is 0 Å². The molecule has 0 aliphatic rings. The van der Waals surface area contributed by atoms with E-state index in [-0.39, 0.29) is 16.8 Å². The first kappa shape index (κ1) is 22.3. The molecule has 4 nitrogen and oxygen atoms in total. The molecular formula is C34H18CoN4. The molecule has 4 aromatic carbocycles. The van der Waals surface area contributed by atoms with Crippen LogP contribution in [0.15, 0.2) is 109 Å². The van der Waals surface area contributed by atoms with Gasteiger partial charge in [0.1, 0.15) is 0 Å². The number of pyridine rings is 2. The van der Waals surface area contributed by atoms with E-state index < -0.39 is 0 Å². The first-order valence-corrected chi connectivity index (χ1v) is 12.8. The van der Waals surface area contributed by atoms with Crippen molar-refractivity contribution >= 4 is 87.2 Å². The topological polar surface area (TPSA) is 54.0 Å². The van der Waals surface area contributed by atoms with Crippen LogP contribution in [0.5, 0.6) is 0 Å². The molecule has 8 bridgehead atoms. The zero-order valence-electron chi connectivity index (χ0n) is 20.5. The molecule has 9 aromatic rings. The summed E-state index contributed by atoms with van der Waals surface area (Å²) in [5.41, 5.74) is 7.44. The van der Waals surface area contributed by atoms with Crippen LogP contribution in [-0.4, -0.2) is 9.97 Å². The van der Waals surface area contributed by atoms with Gasteiger partial charge < -0.3 is 9.97 Å². The first-order chi connectivity index (χ1) is 18.8. The molecule has 0 unspecified atom stereocenters. The summed E-state index contributed by atoms with van der Waals surface area (Å²) in [5, 5.41) is 8.60. The van der Waals surface area contributed by atoms with Crippen molar-refractivity contribution < 1.29 is 16.8 Å². The number of fused-ring (bicyclic) bond motifs is 10. The van der Waals surface area contributed by atoms with E-state index in [0.29, 0.717) is 0 Å². The second-order valence-electron chi connectivity index (χ2n) is 9.85. The Hall–Kier alpha value is -4.71. The van der Waals surface area contributed by atoms with Crippen LogP contribution in [0.4, 0.5) is 0 Å². The van der Waals surface area contributed by atoms with Crippen LogP contribution in [0.3, 0.4) is 0 Å². The van der Waals surface area contributed by atoms with Crippen LogP contribution in [0, 0.1) is 0 Å². The number of hydrogen-bond acceptors (Lipinski definition) is 2. The second-order valence-corrected chi connectivity index (χ2v) is 9.85. The Morgan fingerprint density at radius 3 is 0.821 bits per heavy atom. The maximum absolute atomic E-state index is 5.21. The normalized spacial score (nSPS) is 11.9. The molecule has 0 N–H and O–H groups in total. The Kier molecular flexibility index (Phi) is 4.65. The third-order valence-electron chi connectivity index (χ3n) is 7.77. The van der Waals surface area contributed by atoms with Gasteiger partial charge in [-0.25, -0.2) is 9.97 Å². The predicted octanol–water partition coefficient (Wildman–Crippen LogP) is 8.18. The smallest absolute Gasteiger partial charge is 0.656 e. The fourth-order valence-electron chi connectivity index (χ4n) is 6.05. The van der Waals surface area contributed by atoms with Gasteiger partial charge in [0.2, 0.25) is 0 Å². The number of hydrogen-bond donors (Lipinski definition) is 0. The standard InChI is InChI=1S/C34H18N4.Co/c1-7-19-20-8-2-12-24-29-17-6-18-30(36-29)26-14-4-10-22-21-9-3-13-25(33(21)38-34(22)26)28-16-5-15-27(35-28)23(11-1)31(19)37-32(20)24;/h1-18H;/q-2;+2. The van der Waals surface area contributed by atoms with Crippen molar-refractivity contribution in [3.8, 4) is 0 Å². The second kappa shape index (κ2) is 8.14. The van der Waals surface area contributed by atoms with Crippen molar-refractivity contribution in [1.82, 2.24) is 19.9 Å². The summed E-state index contributed by atoms with van der Waals surface area (Å²) >= 11 is 0. The van der Waals surface area contributed by atoms with E-state index in [1.807, 2.05) is 0 Å². The molecule has 5 aromatic heterocycles. The molecule has 0 atom stereocenters. The molecule has 0 spiro atoms. The zero-order chi connectivity index (χ0) is 24.8. The van der Waals surface area contributed by atoms with Gasteiger partial charge in [0.25, 0.3) is 0 Å². The first-order valence-electron chi connectivity index (χ1n) is 12.8. The maximum atomic E-state index is 5.21. The number of para-hydroxylation sites is 4. The van der Waals surface area contributed by atoms with Crippen LogP contribution < -0.4 is 9.97 Å². The van der Waals surface area contributed by atoms with Crippen molar-refractivity contribution in [2.24, 2.45) is 0 Å². The van der Waals surface area contributed by atoms with Gasteiger partial charge in [-0.1, -0.05) is 84.9 Å². The van der Waals surface area contributed by atoms with Crippen LogP contribution in [0.2, 0.25) is 0 Å². The van der Waals surface area contributed by atoms with Crippen LogP contribution >= 0.6 is 0 Å². The molecule has 0 aliphatic carbocycles. The van der Waals surface area contributed by atoms with Crippen molar-refractivity contribution in [3.63, 3.8) is 0 Å². The monoisotopic (exact) mass is 541 g/mol. The fraction of sp³-hybridized carbons (Fsp3) is 0. The van der Waals surface area contributed by atoms with Gasteiger partial charge in [0, 0.05) is 0 Å². The van der Waals surface area contributed by atoms with Crippen molar-refractivity contribution in [1.29, 1.82) is 0 Å². The molecule has 183 valence electrons. The van der Waals surface area contributed by atoms with E-state index in [0.717, 1.165) is 87.2 Å². The average molecular weight is 541 g/mol. The number of benzene rings is 4. The SMILES string of the molecule is [Co+2].c1cc2nc(c1)c1cccc3c4cccc(c5cccc(n5)c5cccc6c7cccc2c7[n-]c56)c4[n-]c13.